The van der Waals surface area contributed by atoms with Gasteiger partial charge in [-0.15, -0.1) is 0 Å². The first-order chi connectivity index (χ1) is 9.28. The van der Waals surface area contributed by atoms with Crippen molar-refractivity contribution < 1.29 is 19.0 Å². The Balaban J connectivity index is 2.15. The second kappa shape index (κ2) is 6.57. The highest BCUT2D eigenvalue weighted by Gasteiger charge is 2.24. The first-order valence-electron chi connectivity index (χ1n) is 6.60. The summed E-state index contributed by atoms with van der Waals surface area (Å²) in [6.07, 6.45) is 5.11. The van der Waals surface area contributed by atoms with Gasteiger partial charge >= 0.3 is 0 Å². The first-order valence-corrected chi connectivity index (χ1v) is 6.60. The lowest BCUT2D eigenvalue weighted by Crippen LogP contribution is -2.29. The minimum atomic E-state index is 0.0775. The van der Waals surface area contributed by atoms with Crippen LogP contribution in [0.1, 0.15) is 36.0 Å². The fourth-order valence-electron chi connectivity index (χ4n) is 2.50. The molecule has 2 rings (SSSR count). The Hall–Kier alpha value is -1.55. The molecule has 4 heteroatoms. The summed E-state index contributed by atoms with van der Waals surface area (Å²) in [6.45, 7) is 0. The third-order valence-electron chi connectivity index (χ3n) is 3.55. The van der Waals surface area contributed by atoms with E-state index in [1.165, 1.54) is 0 Å². The van der Waals surface area contributed by atoms with Gasteiger partial charge in [0.25, 0.3) is 0 Å². The SMILES string of the molecule is COc1cccc(C=O)c1OC1CCCC(OC)C1. The second-order valence-corrected chi connectivity index (χ2v) is 4.76. The van der Waals surface area contributed by atoms with Crippen molar-refractivity contribution in [3.8, 4) is 11.5 Å². The number of methoxy groups -OCH3 is 2. The minimum absolute atomic E-state index is 0.0775. The molecule has 0 amide bonds. The molecule has 1 aliphatic carbocycles. The molecule has 0 aliphatic heterocycles. The van der Waals surface area contributed by atoms with Gasteiger partial charge in [-0.1, -0.05) is 6.07 Å². The molecule has 0 bridgehead atoms. The Labute approximate surface area is 113 Å². The van der Waals surface area contributed by atoms with Gasteiger partial charge in [0, 0.05) is 13.5 Å². The van der Waals surface area contributed by atoms with Gasteiger partial charge in [0.1, 0.15) is 6.10 Å². The Morgan fingerprint density at radius 1 is 1.21 bits per heavy atom. The van der Waals surface area contributed by atoms with Crippen molar-refractivity contribution in [2.24, 2.45) is 0 Å². The summed E-state index contributed by atoms with van der Waals surface area (Å²) in [7, 11) is 3.31. The quantitative estimate of drug-likeness (QED) is 0.767. The molecule has 0 spiro atoms. The van der Waals surface area contributed by atoms with Crippen molar-refractivity contribution in [2.45, 2.75) is 37.9 Å². The summed E-state index contributed by atoms with van der Waals surface area (Å²) in [6, 6.07) is 5.33. The molecule has 1 aromatic carbocycles. The number of hydrogen-bond donors (Lipinski definition) is 0. The molecular formula is C15H20O4. The van der Waals surface area contributed by atoms with Gasteiger partial charge in [-0.3, -0.25) is 4.79 Å². The molecule has 19 heavy (non-hydrogen) atoms. The maximum atomic E-state index is 11.1. The van der Waals surface area contributed by atoms with Gasteiger partial charge in [-0.25, -0.2) is 0 Å². The van der Waals surface area contributed by atoms with E-state index in [1.807, 2.05) is 0 Å². The van der Waals surface area contributed by atoms with Crippen LogP contribution in [-0.4, -0.2) is 32.7 Å². The Kier molecular flexibility index (Phi) is 4.80. The predicted molar refractivity (Wildman–Crippen MR) is 72.1 cm³/mol. The van der Waals surface area contributed by atoms with Crippen molar-refractivity contribution in [2.75, 3.05) is 14.2 Å². The van der Waals surface area contributed by atoms with Crippen LogP contribution in [0.5, 0.6) is 11.5 Å². The molecule has 2 atom stereocenters. The molecule has 1 fully saturated rings. The van der Waals surface area contributed by atoms with Crippen molar-refractivity contribution in [3.05, 3.63) is 23.8 Å². The smallest absolute Gasteiger partial charge is 0.172 e. The van der Waals surface area contributed by atoms with E-state index in [4.69, 9.17) is 14.2 Å². The molecule has 0 radical (unpaired) electrons. The maximum absolute atomic E-state index is 11.1. The van der Waals surface area contributed by atoms with E-state index in [9.17, 15) is 4.79 Å². The van der Waals surface area contributed by atoms with Crippen molar-refractivity contribution in [1.82, 2.24) is 0 Å². The second-order valence-electron chi connectivity index (χ2n) is 4.76. The molecule has 1 aromatic rings. The number of para-hydroxylation sites is 1. The number of carbonyl (C=O) groups excluding carboxylic acids is 1. The summed E-state index contributed by atoms with van der Waals surface area (Å²) in [5, 5.41) is 0. The molecule has 104 valence electrons. The van der Waals surface area contributed by atoms with Crippen molar-refractivity contribution >= 4 is 6.29 Å². The number of rotatable bonds is 5. The van der Waals surface area contributed by atoms with Crippen LogP contribution in [0.25, 0.3) is 0 Å². The average molecular weight is 264 g/mol. The average Bonchev–Trinajstić information content (AvgIpc) is 2.47. The predicted octanol–water partition coefficient (Wildman–Crippen LogP) is 2.84. The minimum Gasteiger partial charge on any atom is -0.493 e. The molecule has 2 unspecified atom stereocenters. The standard InChI is InChI=1S/C15H20O4/c1-17-12-6-4-7-13(9-12)19-15-11(10-16)5-3-8-14(15)18-2/h3,5,8,10,12-13H,4,6-7,9H2,1-2H3. The summed E-state index contributed by atoms with van der Waals surface area (Å²) >= 11 is 0. The van der Waals surface area contributed by atoms with Crippen LogP contribution in [0.4, 0.5) is 0 Å². The summed E-state index contributed by atoms with van der Waals surface area (Å²) in [5.74, 6) is 1.14. The van der Waals surface area contributed by atoms with E-state index in [0.717, 1.165) is 32.0 Å². The van der Waals surface area contributed by atoms with E-state index < -0.39 is 0 Å². The van der Waals surface area contributed by atoms with Crippen LogP contribution < -0.4 is 9.47 Å². The summed E-state index contributed by atoms with van der Waals surface area (Å²) in [4.78, 5) is 11.1. The van der Waals surface area contributed by atoms with E-state index in [2.05, 4.69) is 0 Å². The van der Waals surface area contributed by atoms with E-state index >= 15 is 0 Å². The number of carbonyl (C=O) groups is 1. The number of hydrogen-bond acceptors (Lipinski definition) is 4. The third-order valence-corrected chi connectivity index (χ3v) is 3.55. The highest BCUT2D eigenvalue weighted by atomic mass is 16.5. The van der Waals surface area contributed by atoms with Gasteiger partial charge in [-0.05, 0) is 31.4 Å². The van der Waals surface area contributed by atoms with Crippen LogP contribution >= 0.6 is 0 Å². The molecule has 0 heterocycles. The maximum Gasteiger partial charge on any atom is 0.172 e. The monoisotopic (exact) mass is 264 g/mol. The Bertz CT molecular complexity index is 430. The van der Waals surface area contributed by atoms with Crippen molar-refractivity contribution in [1.29, 1.82) is 0 Å². The lowest BCUT2D eigenvalue weighted by Gasteiger charge is -2.29. The zero-order valence-corrected chi connectivity index (χ0v) is 11.4. The topological polar surface area (TPSA) is 44.8 Å². The third kappa shape index (κ3) is 3.26. The molecule has 1 aliphatic rings. The number of aldehydes is 1. The highest BCUT2D eigenvalue weighted by molar-refractivity contribution is 5.81. The van der Waals surface area contributed by atoms with Crippen LogP contribution in [-0.2, 0) is 4.74 Å². The highest BCUT2D eigenvalue weighted by Crippen LogP contribution is 2.33. The van der Waals surface area contributed by atoms with Crippen LogP contribution in [0.3, 0.4) is 0 Å². The lowest BCUT2D eigenvalue weighted by molar-refractivity contribution is 0.0200. The fourth-order valence-corrected chi connectivity index (χ4v) is 2.50. The normalized spacial score (nSPS) is 22.8. The van der Waals surface area contributed by atoms with Crippen LogP contribution in [0, 0.1) is 0 Å². The summed E-state index contributed by atoms with van der Waals surface area (Å²) in [5.41, 5.74) is 0.527. The molecular weight excluding hydrogens is 244 g/mol. The molecule has 1 saturated carbocycles. The van der Waals surface area contributed by atoms with Gasteiger partial charge in [-0.2, -0.15) is 0 Å². The Morgan fingerprint density at radius 2 is 2.00 bits per heavy atom. The van der Waals surface area contributed by atoms with Gasteiger partial charge in [0.15, 0.2) is 17.8 Å². The zero-order chi connectivity index (χ0) is 13.7. The molecule has 0 saturated heterocycles. The van der Waals surface area contributed by atoms with E-state index in [-0.39, 0.29) is 12.2 Å². The summed E-state index contributed by atoms with van der Waals surface area (Å²) < 4.78 is 16.7. The van der Waals surface area contributed by atoms with Crippen LogP contribution in [0.15, 0.2) is 18.2 Å². The fraction of sp³-hybridized carbons (Fsp3) is 0.533. The van der Waals surface area contributed by atoms with Gasteiger partial charge in [0.2, 0.25) is 0 Å². The van der Waals surface area contributed by atoms with E-state index in [1.54, 1.807) is 32.4 Å². The largest absolute Gasteiger partial charge is 0.493 e. The molecule has 0 N–H and O–H groups in total. The lowest BCUT2D eigenvalue weighted by atomic mass is 9.95. The number of ether oxygens (including phenoxy) is 3. The molecule has 0 aromatic heterocycles. The van der Waals surface area contributed by atoms with Crippen LogP contribution in [0.2, 0.25) is 0 Å². The Morgan fingerprint density at radius 3 is 2.68 bits per heavy atom. The zero-order valence-electron chi connectivity index (χ0n) is 11.4. The van der Waals surface area contributed by atoms with Gasteiger partial charge in [0.05, 0.1) is 18.8 Å². The van der Waals surface area contributed by atoms with E-state index in [0.29, 0.717) is 17.1 Å². The molecule has 4 nitrogen and oxygen atoms in total. The number of benzene rings is 1. The van der Waals surface area contributed by atoms with Crippen molar-refractivity contribution in [3.63, 3.8) is 0 Å². The van der Waals surface area contributed by atoms with Gasteiger partial charge < -0.3 is 14.2 Å². The first kappa shape index (κ1) is 13.9.